The molecule has 4 nitrogen and oxygen atoms in total. The highest BCUT2D eigenvalue weighted by Crippen LogP contribution is 2.32. The predicted octanol–water partition coefficient (Wildman–Crippen LogP) is 2.12. The van der Waals surface area contributed by atoms with Gasteiger partial charge in [-0.1, -0.05) is 0 Å². The molecular weight excluding hydrogens is 238 g/mol. The van der Waals surface area contributed by atoms with Gasteiger partial charge in [-0.3, -0.25) is 4.79 Å². The molecule has 0 spiro atoms. The van der Waals surface area contributed by atoms with Gasteiger partial charge in [-0.2, -0.15) is 5.26 Å². The minimum absolute atomic E-state index is 0.205. The Bertz CT molecular complexity index is 576. The van der Waals surface area contributed by atoms with E-state index in [1.165, 1.54) is 12.0 Å². The van der Waals surface area contributed by atoms with Crippen LogP contribution >= 0.6 is 0 Å². The second-order valence-corrected chi connectivity index (χ2v) is 5.50. The molecule has 3 rings (SSSR count). The molecular formula is C15H19N3O. The lowest BCUT2D eigenvalue weighted by molar-refractivity contribution is 0.571. The Morgan fingerprint density at radius 1 is 1.05 bits per heavy atom. The van der Waals surface area contributed by atoms with Crippen LogP contribution in [0.15, 0.2) is 4.79 Å². The first kappa shape index (κ1) is 12.3. The number of nitrogens with zero attached hydrogens (tertiary/aromatic N) is 2. The van der Waals surface area contributed by atoms with Gasteiger partial charge in [0.1, 0.15) is 11.6 Å². The van der Waals surface area contributed by atoms with Gasteiger partial charge in [0.25, 0.3) is 5.56 Å². The molecule has 0 unspecified atom stereocenters. The molecule has 1 aliphatic heterocycles. The number of aromatic amines is 1. The summed E-state index contributed by atoms with van der Waals surface area (Å²) in [5.41, 5.74) is 3.35. The van der Waals surface area contributed by atoms with E-state index in [4.69, 9.17) is 0 Å². The van der Waals surface area contributed by atoms with Gasteiger partial charge in [0, 0.05) is 18.8 Å². The number of H-pyrrole nitrogens is 1. The number of nitriles is 1. The van der Waals surface area contributed by atoms with Gasteiger partial charge in [0.2, 0.25) is 0 Å². The van der Waals surface area contributed by atoms with Gasteiger partial charge in [-0.05, 0) is 50.5 Å². The molecule has 100 valence electrons. The van der Waals surface area contributed by atoms with E-state index in [1.807, 2.05) is 0 Å². The van der Waals surface area contributed by atoms with Crippen molar-refractivity contribution in [3.05, 3.63) is 27.2 Å². The van der Waals surface area contributed by atoms with Crippen molar-refractivity contribution in [1.29, 1.82) is 5.26 Å². The second kappa shape index (κ2) is 5.08. The molecule has 4 heteroatoms. The molecule has 0 aromatic carbocycles. The van der Waals surface area contributed by atoms with Crippen molar-refractivity contribution in [2.45, 2.75) is 44.9 Å². The van der Waals surface area contributed by atoms with Crippen LogP contribution in [0.5, 0.6) is 0 Å². The van der Waals surface area contributed by atoms with Crippen molar-refractivity contribution >= 4 is 5.69 Å². The Kier molecular flexibility index (Phi) is 3.29. The molecule has 1 aliphatic carbocycles. The van der Waals surface area contributed by atoms with Crippen LogP contribution in [-0.4, -0.2) is 18.1 Å². The van der Waals surface area contributed by atoms with Gasteiger partial charge in [-0.15, -0.1) is 0 Å². The Hall–Kier alpha value is -1.76. The predicted molar refractivity (Wildman–Crippen MR) is 74.5 cm³/mol. The van der Waals surface area contributed by atoms with Gasteiger partial charge < -0.3 is 9.88 Å². The molecule has 1 N–H and O–H groups in total. The largest absolute Gasteiger partial charge is 0.370 e. The lowest BCUT2D eigenvalue weighted by Crippen LogP contribution is -2.34. The Labute approximate surface area is 113 Å². The van der Waals surface area contributed by atoms with Crippen LogP contribution in [0.4, 0.5) is 5.69 Å². The number of aromatic nitrogens is 1. The van der Waals surface area contributed by atoms with Gasteiger partial charge in [0.15, 0.2) is 0 Å². The number of aryl methyl sites for hydroxylation is 1. The van der Waals surface area contributed by atoms with Crippen molar-refractivity contribution < 1.29 is 0 Å². The average Bonchev–Trinajstić information content (AvgIpc) is 2.46. The van der Waals surface area contributed by atoms with E-state index in [-0.39, 0.29) is 5.56 Å². The molecule has 0 amide bonds. The lowest BCUT2D eigenvalue weighted by Gasteiger charge is -2.33. The molecule has 1 saturated heterocycles. The fourth-order valence-corrected chi connectivity index (χ4v) is 3.33. The Morgan fingerprint density at radius 2 is 1.79 bits per heavy atom. The summed E-state index contributed by atoms with van der Waals surface area (Å²) in [5.74, 6) is 0. The highest BCUT2D eigenvalue weighted by molar-refractivity contribution is 5.65. The number of fused-ring (bicyclic) bond motifs is 1. The second-order valence-electron chi connectivity index (χ2n) is 5.50. The third kappa shape index (κ3) is 2.14. The normalized spacial score (nSPS) is 18.8. The summed E-state index contributed by atoms with van der Waals surface area (Å²) in [6.07, 6.45) is 7.80. The van der Waals surface area contributed by atoms with Gasteiger partial charge in [0.05, 0.1) is 5.69 Å². The third-order valence-electron chi connectivity index (χ3n) is 4.27. The minimum atomic E-state index is -0.205. The average molecular weight is 257 g/mol. The van der Waals surface area contributed by atoms with E-state index in [0.717, 1.165) is 63.0 Å². The van der Waals surface area contributed by atoms with E-state index in [0.29, 0.717) is 5.56 Å². The maximum Gasteiger partial charge on any atom is 0.268 e. The Morgan fingerprint density at radius 3 is 2.53 bits per heavy atom. The molecule has 2 aliphatic rings. The monoisotopic (exact) mass is 257 g/mol. The molecule has 1 fully saturated rings. The molecule has 0 radical (unpaired) electrons. The molecule has 1 aromatic rings. The van der Waals surface area contributed by atoms with Crippen LogP contribution in [-0.2, 0) is 12.8 Å². The molecule has 0 bridgehead atoms. The number of hydrogen-bond acceptors (Lipinski definition) is 3. The molecule has 0 atom stereocenters. The molecule has 1 aromatic heterocycles. The summed E-state index contributed by atoms with van der Waals surface area (Å²) < 4.78 is 0. The molecule has 19 heavy (non-hydrogen) atoms. The quantitative estimate of drug-likeness (QED) is 0.838. The number of nitrogens with one attached hydrogen (secondary N) is 1. The smallest absolute Gasteiger partial charge is 0.268 e. The van der Waals surface area contributed by atoms with Crippen molar-refractivity contribution in [2.75, 3.05) is 18.0 Å². The number of piperidine rings is 1. The zero-order valence-electron chi connectivity index (χ0n) is 11.2. The fraction of sp³-hybridized carbons (Fsp3) is 0.600. The highest BCUT2D eigenvalue weighted by atomic mass is 16.1. The van der Waals surface area contributed by atoms with Crippen molar-refractivity contribution in [2.24, 2.45) is 0 Å². The molecule has 2 heterocycles. The van der Waals surface area contributed by atoms with E-state index in [2.05, 4.69) is 16.0 Å². The Balaban J connectivity index is 2.16. The summed E-state index contributed by atoms with van der Waals surface area (Å²) in [6.45, 7) is 1.95. The van der Waals surface area contributed by atoms with Crippen LogP contribution in [0.25, 0.3) is 0 Å². The van der Waals surface area contributed by atoms with Crippen LogP contribution in [0.2, 0.25) is 0 Å². The number of hydrogen-bond donors (Lipinski definition) is 1. The minimum Gasteiger partial charge on any atom is -0.370 e. The first-order valence-corrected chi connectivity index (χ1v) is 7.24. The fourth-order valence-electron chi connectivity index (χ4n) is 3.33. The van der Waals surface area contributed by atoms with Crippen LogP contribution in [0.1, 0.15) is 48.9 Å². The first-order valence-electron chi connectivity index (χ1n) is 7.24. The zero-order valence-corrected chi connectivity index (χ0v) is 11.2. The highest BCUT2D eigenvalue weighted by Gasteiger charge is 2.24. The summed E-state index contributed by atoms with van der Waals surface area (Å²) in [4.78, 5) is 17.3. The number of pyridine rings is 1. The van der Waals surface area contributed by atoms with E-state index in [9.17, 15) is 10.1 Å². The van der Waals surface area contributed by atoms with Crippen LogP contribution < -0.4 is 10.5 Å². The van der Waals surface area contributed by atoms with Crippen molar-refractivity contribution in [3.8, 4) is 6.07 Å². The SMILES string of the molecule is N#Cc1c(N2CCCCC2)c2c([nH]c1=O)CCCC2. The summed E-state index contributed by atoms with van der Waals surface area (Å²) in [6, 6.07) is 2.13. The van der Waals surface area contributed by atoms with Crippen LogP contribution in [0, 0.1) is 11.3 Å². The third-order valence-corrected chi connectivity index (χ3v) is 4.27. The first-order chi connectivity index (χ1) is 9.31. The number of anilines is 1. The maximum atomic E-state index is 12.1. The van der Waals surface area contributed by atoms with Crippen LogP contribution in [0.3, 0.4) is 0 Å². The van der Waals surface area contributed by atoms with Gasteiger partial charge >= 0.3 is 0 Å². The topological polar surface area (TPSA) is 59.9 Å². The number of rotatable bonds is 1. The van der Waals surface area contributed by atoms with Crippen molar-refractivity contribution in [3.63, 3.8) is 0 Å². The zero-order chi connectivity index (χ0) is 13.2. The summed E-state index contributed by atoms with van der Waals surface area (Å²) >= 11 is 0. The standard InChI is InChI=1S/C15H19N3O/c16-10-12-14(18-8-4-1-5-9-18)11-6-2-3-7-13(11)17-15(12)19/h1-9H2,(H,17,19). The maximum absolute atomic E-state index is 12.1. The van der Waals surface area contributed by atoms with E-state index in [1.54, 1.807) is 0 Å². The summed E-state index contributed by atoms with van der Waals surface area (Å²) in [7, 11) is 0. The lowest BCUT2D eigenvalue weighted by atomic mass is 9.92. The van der Waals surface area contributed by atoms with Crippen molar-refractivity contribution in [1.82, 2.24) is 4.98 Å². The molecule has 0 saturated carbocycles. The summed E-state index contributed by atoms with van der Waals surface area (Å²) in [5, 5.41) is 9.33. The van der Waals surface area contributed by atoms with Gasteiger partial charge in [-0.25, -0.2) is 0 Å². The van der Waals surface area contributed by atoms with E-state index < -0.39 is 0 Å². The van der Waals surface area contributed by atoms with E-state index >= 15 is 0 Å².